The Morgan fingerprint density at radius 2 is 1.60 bits per heavy atom. The molecule has 1 aliphatic heterocycles. The summed E-state index contributed by atoms with van der Waals surface area (Å²) in [5, 5.41) is 6.11. The molecule has 0 atom stereocenters. The predicted molar refractivity (Wildman–Crippen MR) is 91.5 cm³/mol. The molecule has 25 heavy (non-hydrogen) atoms. The van der Waals surface area contributed by atoms with Gasteiger partial charge in [0.25, 0.3) is 0 Å². The van der Waals surface area contributed by atoms with Gasteiger partial charge in [-0.1, -0.05) is 48.5 Å². The smallest absolute Gasteiger partial charge is 0.328 e. The highest BCUT2D eigenvalue weighted by molar-refractivity contribution is 5.81. The van der Waals surface area contributed by atoms with Crippen molar-refractivity contribution in [2.75, 3.05) is 26.2 Å². The highest BCUT2D eigenvalue weighted by Gasteiger charge is 2.32. The predicted octanol–water partition coefficient (Wildman–Crippen LogP) is 2.44. The molecule has 0 radical (unpaired) electrons. The lowest BCUT2D eigenvalue weighted by Gasteiger charge is -2.30. The van der Waals surface area contributed by atoms with Crippen LogP contribution in [0, 0.1) is 0 Å². The third kappa shape index (κ3) is 4.82. The number of hydrogen-bond acceptors (Lipinski definition) is 2. The first-order chi connectivity index (χ1) is 12.0. The average Bonchev–Trinajstić information content (AvgIpc) is 2.61. The molecule has 0 saturated carbocycles. The fourth-order valence-electron chi connectivity index (χ4n) is 3.00. The maximum absolute atomic E-state index is 13.0. The first-order valence-corrected chi connectivity index (χ1v) is 8.35. The Balaban J connectivity index is 1.57. The van der Waals surface area contributed by atoms with Crippen molar-refractivity contribution >= 4 is 6.21 Å². The maximum Gasteiger partial charge on any atom is 0.417 e. The van der Waals surface area contributed by atoms with E-state index in [4.69, 9.17) is 0 Å². The zero-order chi connectivity index (χ0) is 17.7. The van der Waals surface area contributed by atoms with Gasteiger partial charge in [-0.25, -0.2) is 0 Å². The summed E-state index contributed by atoms with van der Waals surface area (Å²) >= 11 is 0. The van der Waals surface area contributed by atoms with E-state index in [0.29, 0.717) is 0 Å². The molecule has 1 fully saturated rings. The zero-order valence-corrected chi connectivity index (χ0v) is 13.8. The molecule has 1 heterocycles. The summed E-state index contributed by atoms with van der Waals surface area (Å²) in [4.78, 5) is 1.47. The van der Waals surface area contributed by atoms with Crippen molar-refractivity contribution in [3.05, 3.63) is 71.3 Å². The number of nitrogens with zero attached hydrogens (tertiary/aromatic N) is 2. The Morgan fingerprint density at radius 1 is 0.960 bits per heavy atom. The van der Waals surface area contributed by atoms with Crippen molar-refractivity contribution in [3.8, 4) is 0 Å². The van der Waals surface area contributed by atoms with Gasteiger partial charge >= 0.3 is 6.18 Å². The van der Waals surface area contributed by atoms with E-state index in [1.54, 1.807) is 6.07 Å². The number of hydrogen-bond donors (Lipinski definition) is 1. The molecular weight excluding hydrogens is 327 g/mol. The molecule has 0 aliphatic carbocycles. The quantitative estimate of drug-likeness (QED) is 0.842. The number of rotatable bonds is 4. The van der Waals surface area contributed by atoms with Crippen molar-refractivity contribution in [1.82, 2.24) is 5.01 Å². The normalized spacial score (nSPS) is 16.5. The Hall–Kier alpha value is -2.34. The van der Waals surface area contributed by atoms with Crippen molar-refractivity contribution < 1.29 is 18.1 Å². The van der Waals surface area contributed by atoms with Gasteiger partial charge in [0, 0.05) is 11.1 Å². The number of halogens is 3. The Labute approximate surface area is 145 Å². The van der Waals surface area contributed by atoms with Crippen LogP contribution in [0.5, 0.6) is 0 Å². The molecule has 132 valence electrons. The van der Waals surface area contributed by atoms with Gasteiger partial charge in [-0.2, -0.15) is 18.3 Å². The number of hydrazone groups is 1. The summed E-state index contributed by atoms with van der Waals surface area (Å²) in [5.74, 6) is 0. The zero-order valence-electron chi connectivity index (χ0n) is 13.8. The van der Waals surface area contributed by atoms with Crippen LogP contribution >= 0.6 is 0 Å². The van der Waals surface area contributed by atoms with Crippen LogP contribution in [-0.4, -0.2) is 37.4 Å². The summed E-state index contributed by atoms with van der Waals surface area (Å²) in [6, 6.07) is 15.8. The lowest BCUT2D eigenvalue weighted by molar-refractivity contribution is -0.918. The molecular formula is C19H21F3N3+. The topological polar surface area (TPSA) is 20.0 Å². The molecule has 1 N–H and O–H groups in total. The van der Waals surface area contributed by atoms with Crippen LogP contribution in [0.4, 0.5) is 13.2 Å². The molecule has 0 spiro atoms. The van der Waals surface area contributed by atoms with Crippen LogP contribution in [0.15, 0.2) is 59.7 Å². The highest BCUT2D eigenvalue weighted by atomic mass is 19.4. The third-order valence-electron chi connectivity index (χ3n) is 4.37. The fraction of sp³-hybridized carbons (Fsp3) is 0.316. The monoisotopic (exact) mass is 348 g/mol. The Kier molecular flexibility index (Phi) is 5.38. The van der Waals surface area contributed by atoms with Crippen molar-refractivity contribution in [1.29, 1.82) is 0 Å². The summed E-state index contributed by atoms with van der Waals surface area (Å²) in [7, 11) is 0. The maximum atomic E-state index is 13.0. The minimum atomic E-state index is -4.36. The lowest BCUT2D eigenvalue weighted by atomic mass is 10.1. The molecule has 0 aromatic heterocycles. The molecule has 1 saturated heterocycles. The van der Waals surface area contributed by atoms with Gasteiger partial charge in [-0.05, 0) is 6.07 Å². The Bertz CT molecular complexity index is 705. The van der Waals surface area contributed by atoms with Crippen LogP contribution < -0.4 is 4.90 Å². The lowest BCUT2D eigenvalue weighted by Crippen LogP contribution is -3.13. The van der Waals surface area contributed by atoms with Gasteiger partial charge in [0.15, 0.2) is 0 Å². The van der Waals surface area contributed by atoms with E-state index in [2.05, 4.69) is 17.2 Å². The van der Waals surface area contributed by atoms with Gasteiger partial charge in [-0.3, -0.25) is 5.01 Å². The third-order valence-corrected chi connectivity index (χ3v) is 4.37. The van der Waals surface area contributed by atoms with E-state index < -0.39 is 11.7 Å². The largest absolute Gasteiger partial charge is 0.417 e. The summed E-state index contributed by atoms with van der Waals surface area (Å²) in [5.41, 5.74) is 0.759. The second-order valence-electron chi connectivity index (χ2n) is 6.20. The SMILES string of the molecule is FC(F)(F)c1ccccc1/C=N/N1CC[NH+](Cc2ccccc2)CC1. The molecule has 2 aromatic carbocycles. The van der Waals surface area contributed by atoms with Gasteiger partial charge in [0.05, 0.1) is 38.0 Å². The van der Waals surface area contributed by atoms with Gasteiger partial charge in [0.2, 0.25) is 0 Å². The molecule has 6 heteroatoms. The summed E-state index contributed by atoms with van der Waals surface area (Å²) < 4.78 is 39.0. The van der Waals surface area contributed by atoms with E-state index in [1.807, 2.05) is 23.2 Å². The van der Waals surface area contributed by atoms with Crippen molar-refractivity contribution in [2.24, 2.45) is 5.10 Å². The average molecular weight is 348 g/mol. The molecule has 2 aromatic rings. The summed E-state index contributed by atoms with van der Waals surface area (Å²) in [6.45, 7) is 4.30. The van der Waals surface area contributed by atoms with Crippen molar-refractivity contribution in [2.45, 2.75) is 12.7 Å². The summed E-state index contributed by atoms with van der Waals surface area (Å²) in [6.07, 6.45) is -3.04. The number of alkyl halides is 3. The van der Waals surface area contributed by atoms with Gasteiger partial charge in [-0.15, -0.1) is 0 Å². The number of benzene rings is 2. The fourth-order valence-corrected chi connectivity index (χ4v) is 3.00. The molecule has 3 rings (SSSR count). The van der Waals surface area contributed by atoms with E-state index in [1.165, 1.54) is 28.8 Å². The second-order valence-corrected chi connectivity index (χ2v) is 6.20. The van der Waals surface area contributed by atoms with Gasteiger partial charge in [0.1, 0.15) is 6.54 Å². The van der Waals surface area contributed by atoms with E-state index in [0.717, 1.165) is 38.8 Å². The standard InChI is InChI=1S/C19H20F3N3/c20-19(21,22)18-9-5-4-8-17(18)14-23-25-12-10-24(11-13-25)15-16-6-2-1-3-7-16/h1-9,14H,10-13,15H2/p+1/b23-14+. The Morgan fingerprint density at radius 3 is 2.28 bits per heavy atom. The van der Waals surface area contributed by atoms with Crippen LogP contribution in [0.3, 0.4) is 0 Å². The van der Waals surface area contributed by atoms with Crippen LogP contribution in [0.1, 0.15) is 16.7 Å². The number of piperazine rings is 1. The van der Waals surface area contributed by atoms with E-state index in [9.17, 15) is 13.2 Å². The van der Waals surface area contributed by atoms with E-state index in [-0.39, 0.29) is 5.56 Å². The molecule has 0 amide bonds. The second kappa shape index (κ2) is 7.70. The van der Waals surface area contributed by atoms with Gasteiger partial charge < -0.3 is 4.90 Å². The number of quaternary nitrogens is 1. The molecule has 1 aliphatic rings. The van der Waals surface area contributed by atoms with Crippen LogP contribution in [0.2, 0.25) is 0 Å². The van der Waals surface area contributed by atoms with E-state index >= 15 is 0 Å². The van der Waals surface area contributed by atoms with Crippen LogP contribution in [-0.2, 0) is 12.7 Å². The minimum Gasteiger partial charge on any atom is -0.328 e. The number of nitrogens with one attached hydrogen (secondary N) is 1. The highest BCUT2D eigenvalue weighted by Crippen LogP contribution is 2.31. The first kappa shape index (κ1) is 17.5. The van der Waals surface area contributed by atoms with Crippen LogP contribution in [0.25, 0.3) is 0 Å². The molecule has 0 unspecified atom stereocenters. The first-order valence-electron chi connectivity index (χ1n) is 8.35. The van der Waals surface area contributed by atoms with Crippen molar-refractivity contribution in [3.63, 3.8) is 0 Å². The minimum absolute atomic E-state index is 0.106. The molecule has 3 nitrogen and oxygen atoms in total. The molecule has 0 bridgehead atoms.